The number of nitrogen functional groups attached to an aromatic ring is 1. The number of rotatable bonds is 2. The molecule has 0 saturated carbocycles. The molecule has 0 atom stereocenters. The molecule has 1 aliphatic carbocycles. The second kappa shape index (κ2) is 8.41. The highest BCUT2D eigenvalue weighted by atomic mass is 14.9. The SMILES string of the molecule is Nc1cnc(-c2ccccccccc2)c(C2=C/C=C\C=C/C=C\2)n1. The van der Waals surface area contributed by atoms with Crippen molar-refractivity contribution in [3.05, 3.63) is 109 Å². The van der Waals surface area contributed by atoms with Crippen molar-refractivity contribution in [1.82, 2.24) is 9.97 Å². The first kappa shape index (κ1) is 16.4. The molecule has 0 amide bonds. The maximum atomic E-state index is 5.91. The molecule has 2 N–H and O–H groups in total. The first-order valence-corrected chi connectivity index (χ1v) is 8.08. The van der Waals surface area contributed by atoms with E-state index in [1.807, 2.05) is 97.1 Å². The Bertz CT molecular complexity index is 895. The van der Waals surface area contributed by atoms with Crippen LogP contribution in [-0.2, 0) is 0 Å². The van der Waals surface area contributed by atoms with Gasteiger partial charge in [0.15, 0.2) is 0 Å². The van der Waals surface area contributed by atoms with E-state index >= 15 is 0 Å². The molecule has 25 heavy (non-hydrogen) atoms. The number of nitrogens with zero attached hydrogens (tertiary/aromatic N) is 2. The molecule has 1 heterocycles. The van der Waals surface area contributed by atoms with E-state index < -0.39 is 0 Å². The monoisotopic (exact) mass is 325 g/mol. The Balaban J connectivity index is 2.18. The summed E-state index contributed by atoms with van der Waals surface area (Å²) in [6.45, 7) is 0. The van der Waals surface area contributed by atoms with Gasteiger partial charge in [-0.25, -0.2) is 4.98 Å². The Hall–Kier alpha value is -3.46. The quantitative estimate of drug-likeness (QED) is 0.853. The zero-order chi connectivity index (χ0) is 17.3. The van der Waals surface area contributed by atoms with Gasteiger partial charge in [0.05, 0.1) is 17.6 Å². The maximum Gasteiger partial charge on any atom is 0.142 e. The summed E-state index contributed by atoms with van der Waals surface area (Å²) in [4.78, 5) is 9.10. The van der Waals surface area contributed by atoms with E-state index in [-0.39, 0.29) is 0 Å². The molecule has 3 nitrogen and oxygen atoms in total. The van der Waals surface area contributed by atoms with Gasteiger partial charge in [0, 0.05) is 11.1 Å². The largest absolute Gasteiger partial charge is 0.382 e. The summed E-state index contributed by atoms with van der Waals surface area (Å²) in [7, 11) is 0. The van der Waals surface area contributed by atoms with Gasteiger partial charge in [-0.1, -0.05) is 97.1 Å². The van der Waals surface area contributed by atoms with Crippen molar-refractivity contribution in [1.29, 1.82) is 0 Å². The smallest absolute Gasteiger partial charge is 0.142 e. The van der Waals surface area contributed by atoms with Gasteiger partial charge in [0.1, 0.15) is 5.82 Å². The molecule has 0 unspecified atom stereocenters. The molecule has 1 aliphatic rings. The Labute approximate surface area is 147 Å². The first-order valence-electron chi connectivity index (χ1n) is 8.08. The summed E-state index contributed by atoms with van der Waals surface area (Å²) in [5, 5.41) is 0. The molecule has 1 aromatic carbocycles. The van der Waals surface area contributed by atoms with Gasteiger partial charge >= 0.3 is 0 Å². The van der Waals surface area contributed by atoms with Crippen LogP contribution in [0.1, 0.15) is 5.69 Å². The number of anilines is 1. The van der Waals surface area contributed by atoms with Gasteiger partial charge in [-0.3, -0.25) is 4.98 Å². The zero-order valence-corrected chi connectivity index (χ0v) is 13.8. The molecule has 0 saturated heterocycles. The van der Waals surface area contributed by atoms with Gasteiger partial charge in [0.2, 0.25) is 0 Å². The number of hydrogen-bond donors (Lipinski definition) is 1. The average Bonchev–Trinajstić information content (AvgIpc) is 2.59. The van der Waals surface area contributed by atoms with Crippen molar-refractivity contribution in [2.75, 3.05) is 5.73 Å². The molecule has 2 aromatic rings. The molecular formula is C22H19N3. The van der Waals surface area contributed by atoms with Crippen LogP contribution in [-0.4, -0.2) is 9.97 Å². The molecule has 1 aromatic heterocycles. The average molecular weight is 325 g/mol. The van der Waals surface area contributed by atoms with Crippen molar-refractivity contribution in [3.63, 3.8) is 0 Å². The molecular weight excluding hydrogens is 306 g/mol. The lowest BCUT2D eigenvalue weighted by Gasteiger charge is -2.09. The molecule has 0 radical (unpaired) electrons. The lowest BCUT2D eigenvalue weighted by atomic mass is 10.0. The second-order valence-corrected chi connectivity index (χ2v) is 5.38. The number of aromatic nitrogens is 2. The van der Waals surface area contributed by atoms with Crippen molar-refractivity contribution in [3.8, 4) is 11.3 Å². The van der Waals surface area contributed by atoms with Crippen LogP contribution in [0.5, 0.6) is 0 Å². The Morgan fingerprint density at radius 1 is 0.680 bits per heavy atom. The third-order valence-electron chi connectivity index (χ3n) is 3.55. The van der Waals surface area contributed by atoms with E-state index in [1.165, 1.54) is 0 Å². The molecule has 3 rings (SSSR count). The van der Waals surface area contributed by atoms with E-state index in [0.29, 0.717) is 5.82 Å². The lowest BCUT2D eigenvalue weighted by molar-refractivity contribution is 1.19. The van der Waals surface area contributed by atoms with E-state index in [0.717, 1.165) is 22.5 Å². The van der Waals surface area contributed by atoms with Gasteiger partial charge in [0.25, 0.3) is 0 Å². The van der Waals surface area contributed by atoms with Crippen molar-refractivity contribution in [2.45, 2.75) is 0 Å². The van der Waals surface area contributed by atoms with Gasteiger partial charge in [-0.05, 0) is 0 Å². The summed E-state index contributed by atoms with van der Waals surface area (Å²) < 4.78 is 0. The van der Waals surface area contributed by atoms with E-state index in [2.05, 4.69) is 9.97 Å². The Morgan fingerprint density at radius 2 is 1.32 bits per heavy atom. The van der Waals surface area contributed by atoms with Crippen molar-refractivity contribution < 1.29 is 0 Å². The van der Waals surface area contributed by atoms with Crippen LogP contribution in [0, 0.1) is 0 Å². The van der Waals surface area contributed by atoms with E-state index in [9.17, 15) is 0 Å². The third-order valence-corrected chi connectivity index (χ3v) is 3.55. The number of hydrogen-bond acceptors (Lipinski definition) is 3. The highest BCUT2D eigenvalue weighted by molar-refractivity contribution is 5.83. The normalized spacial score (nSPS) is 18.6. The van der Waals surface area contributed by atoms with Crippen LogP contribution in [0.25, 0.3) is 16.8 Å². The number of nitrogens with two attached hydrogens (primary N) is 1. The third kappa shape index (κ3) is 4.52. The van der Waals surface area contributed by atoms with Gasteiger partial charge < -0.3 is 5.73 Å². The van der Waals surface area contributed by atoms with Crippen LogP contribution < -0.4 is 5.73 Å². The molecule has 0 fully saturated rings. The van der Waals surface area contributed by atoms with Crippen LogP contribution in [0.2, 0.25) is 0 Å². The predicted octanol–water partition coefficient (Wildman–Crippen LogP) is 4.92. The Morgan fingerprint density at radius 3 is 2.08 bits per heavy atom. The minimum atomic E-state index is 0.400. The molecule has 0 spiro atoms. The molecule has 0 aliphatic heterocycles. The first-order chi connectivity index (χ1) is 12.3. The van der Waals surface area contributed by atoms with Crippen molar-refractivity contribution >= 4 is 11.4 Å². The fourth-order valence-corrected chi connectivity index (χ4v) is 2.39. The zero-order valence-electron chi connectivity index (χ0n) is 13.8. The highest BCUT2D eigenvalue weighted by Crippen LogP contribution is 2.27. The summed E-state index contributed by atoms with van der Waals surface area (Å²) in [5.74, 6) is 0.400. The fourth-order valence-electron chi connectivity index (χ4n) is 2.39. The summed E-state index contributed by atoms with van der Waals surface area (Å²) in [6.07, 6.45) is 15.5. The lowest BCUT2D eigenvalue weighted by Crippen LogP contribution is -2.00. The summed E-state index contributed by atoms with van der Waals surface area (Å²) in [5.41, 5.74) is 9.39. The van der Waals surface area contributed by atoms with Gasteiger partial charge in [-0.15, -0.1) is 0 Å². The fraction of sp³-hybridized carbons (Fsp3) is 0. The van der Waals surface area contributed by atoms with E-state index in [4.69, 9.17) is 5.73 Å². The molecule has 0 bridgehead atoms. The van der Waals surface area contributed by atoms with Crippen LogP contribution in [0.4, 0.5) is 5.82 Å². The molecule has 3 heteroatoms. The van der Waals surface area contributed by atoms with Crippen LogP contribution in [0.15, 0.2) is 103 Å². The van der Waals surface area contributed by atoms with E-state index in [1.54, 1.807) is 6.20 Å². The maximum absolute atomic E-state index is 5.91. The highest BCUT2D eigenvalue weighted by Gasteiger charge is 2.11. The van der Waals surface area contributed by atoms with Gasteiger partial charge in [-0.2, -0.15) is 0 Å². The summed E-state index contributed by atoms with van der Waals surface area (Å²) >= 11 is 0. The number of allylic oxidation sites excluding steroid dienone is 8. The molecule has 122 valence electrons. The topological polar surface area (TPSA) is 51.8 Å². The van der Waals surface area contributed by atoms with Crippen LogP contribution >= 0.6 is 0 Å². The minimum absolute atomic E-state index is 0.400. The summed E-state index contributed by atoms with van der Waals surface area (Å²) in [6, 6.07) is 17.9. The predicted molar refractivity (Wildman–Crippen MR) is 105 cm³/mol. The second-order valence-electron chi connectivity index (χ2n) is 5.38. The van der Waals surface area contributed by atoms with Crippen molar-refractivity contribution in [2.24, 2.45) is 0 Å². The standard InChI is InChI=1S/C22H19N3/c23-20-17-24-21(18-13-9-5-2-1-3-6-10-14-18)22(25-20)19-15-11-7-4-8-12-16-19/h1-17H,(H2,23,25)/b2-1?,3-1?,5-2?,6-3?,7-4-,8-4?,9-5?,10-6?,11-7?,12-8-,13-9?,14-10?,15-11-,16-12?,18-13?,18-14?,19-15?,19-16+. The minimum Gasteiger partial charge on any atom is -0.382 e. The Kier molecular flexibility index (Phi) is 5.52. The van der Waals surface area contributed by atoms with Crippen LogP contribution in [0.3, 0.4) is 0 Å².